The first-order valence-corrected chi connectivity index (χ1v) is 6.84. The van der Waals surface area contributed by atoms with E-state index in [9.17, 15) is 9.50 Å². The molecule has 1 heterocycles. The summed E-state index contributed by atoms with van der Waals surface area (Å²) in [6, 6.07) is 10.7. The van der Waals surface area contributed by atoms with Crippen LogP contribution in [0.15, 0.2) is 36.4 Å². The first-order valence-electron chi connectivity index (χ1n) is 6.84. The molecule has 0 saturated carbocycles. The zero-order valence-electron chi connectivity index (χ0n) is 11.7. The van der Waals surface area contributed by atoms with Crippen LogP contribution in [0.2, 0.25) is 0 Å². The van der Waals surface area contributed by atoms with Crippen LogP contribution < -0.4 is 4.90 Å². The number of aliphatic hydroxyl groups excluding tert-OH is 1. The summed E-state index contributed by atoms with van der Waals surface area (Å²) in [4.78, 5) is 2.19. The lowest BCUT2D eigenvalue weighted by Gasteiger charge is -2.16. The van der Waals surface area contributed by atoms with Gasteiger partial charge in [0.25, 0.3) is 0 Å². The number of benzene rings is 2. The number of aliphatic hydroxyl groups is 1. The number of fused-ring (bicyclic) bond motifs is 1. The Bertz CT molecular complexity index is 653. The van der Waals surface area contributed by atoms with E-state index in [1.807, 2.05) is 25.1 Å². The monoisotopic (exact) mass is 271 g/mol. The van der Waals surface area contributed by atoms with Gasteiger partial charge in [0.15, 0.2) is 0 Å². The Morgan fingerprint density at radius 1 is 1.20 bits per heavy atom. The SMILES string of the molecule is Cc1ccc(F)c(C(O)c2ccc3c(c2)CCN3C)c1. The van der Waals surface area contributed by atoms with Crippen molar-refractivity contribution in [1.82, 2.24) is 0 Å². The number of likely N-dealkylation sites (N-methyl/N-ethyl adjacent to an activating group) is 1. The lowest BCUT2D eigenvalue weighted by molar-refractivity contribution is 0.215. The molecule has 0 aromatic heterocycles. The average molecular weight is 271 g/mol. The van der Waals surface area contributed by atoms with Gasteiger partial charge in [-0.05, 0) is 36.6 Å². The first-order chi connectivity index (χ1) is 9.56. The molecule has 2 aromatic carbocycles. The highest BCUT2D eigenvalue weighted by atomic mass is 19.1. The molecule has 0 spiro atoms. The van der Waals surface area contributed by atoms with Crippen molar-refractivity contribution in [2.75, 3.05) is 18.5 Å². The van der Waals surface area contributed by atoms with Gasteiger partial charge in [-0.15, -0.1) is 0 Å². The lowest BCUT2D eigenvalue weighted by atomic mass is 9.97. The number of hydrogen-bond acceptors (Lipinski definition) is 2. The highest BCUT2D eigenvalue weighted by Gasteiger charge is 2.20. The molecule has 0 saturated heterocycles. The second-order valence-corrected chi connectivity index (χ2v) is 5.49. The summed E-state index contributed by atoms with van der Waals surface area (Å²) in [5.74, 6) is -0.360. The quantitative estimate of drug-likeness (QED) is 0.906. The van der Waals surface area contributed by atoms with Crippen LogP contribution in [0.4, 0.5) is 10.1 Å². The summed E-state index contributed by atoms with van der Waals surface area (Å²) >= 11 is 0. The van der Waals surface area contributed by atoms with Crippen LogP contribution in [0.5, 0.6) is 0 Å². The maximum absolute atomic E-state index is 13.9. The number of anilines is 1. The van der Waals surface area contributed by atoms with Crippen LogP contribution in [0.1, 0.15) is 28.4 Å². The van der Waals surface area contributed by atoms with Crippen molar-refractivity contribution >= 4 is 5.69 Å². The smallest absolute Gasteiger partial charge is 0.129 e. The third-order valence-electron chi connectivity index (χ3n) is 3.99. The molecular formula is C17H18FNO. The summed E-state index contributed by atoms with van der Waals surface area (Å²) in [5, 5.41) is 10.4. The maximum atomic E-state index is 13.9. The van der Waals surface area contributed by atoms with E-state index in [1.54, 1.807) is 12.1 Å². The molecule has 1 atom stereocenters. The fourth-order valence-electron chi connectivity index (χ4n) is 2.81. The number of aryl methyl sites for hydroxylation is 1. The number of halogens is 1. The molecule has 3 rings (SSSR count). The predicted molar refractivity (Wildman–Crippen MR) is 78.6 cm³/mol. The van der Waals surface area contributed by atoms with Crippen molar-refractivity contribution in [3.63, 3.8) is 0 Å². The number of nitrogens with zero attached hydrogens (tertiary/aromatic N) is 1. The Balaban J connectivity index is 1.99. The Labute approximate surface area is 118 Å². The Hall–Kier alpha value is -1.87. The van der Waals surface area contributed by atoms with Gasteiger partial charge in [0.05, 0.1) is 0 Å². The van der Waals surface area contributed by atoms with Gasteiger partial charge in [-0.3, -0.25) is 0 Å². The molecule has 0 fully saturated rings. The predicted octanol–water partition coefficient (Wildman–Crippen LogP) is 3.21. The summed E-state index contributed by atoms with van der Waals surface area (Å²) in [7, 11) is 2.06. The van der Waals surface area contributed by atoms with E-state index in [2.05, 4.69) is 11.9 Å². The van der Waals surface area contributed by atoms with Crippen LogP contribution >= 0.6 is 0 Å². The third kappa shape index (κ3) is 2.18. The van der Waals surface area contributed by atoms with Crippen LogP contribution in [-0.4, -0.2) is 18.7 Å². The van der Waals surface area contributed by atoms with Gasteiger partial charge in [0.1, 0.15) is 11.9 Å². The van der Waals surface area contributed by atoms with E-state index in [-0.39, 0.29) is 5.82 Å². The Kier molecular flexibility index (Phi) is 3.22. The molecule has 0 amide bonds. The van der Waals surface area contributed by atoms with Crippen LogP contribution in [-0.2, 0) is 6.42 Å². The zero-order chi connectivity index (χ0) is 14.3. The normalized spacial score (nSPS) is 15.3. The standard InChI is InChI=1S/C17H18FNO/c1-11-3-5-15(18)14(9-11)17(20)13-4-6-16-12(10-13)7-8-19(16)2/h3-6,9-10,17,20H,7-8H2,1-2H3. The van der Waals surface area contributed by atoms with Gasteiger partial charge in [-0.2, -0.15) is 0 Å². The molecule has 0 radical (unpaired) electrons. The van der Waals surface area contributed by atoms with E-state index in [0.717, 1.165) is 24.1 Å². The van der Waals surface area contributed by atoms with E-state index >= 15 is 0 Å². The van der Waals surface area contributed by atoms with E-state index in [1.165, 1.54) is 17.3 Å². The van der Waals surface area contributed by atoms with E-state index in [0.29, 0.717) is 5.56 Å². The fraction of sp³-hybridized carbons (Fsp3) is 0.294. The van der Waals surface area contributed by atoms with Gasteiger partial charge < -0.3 is 10.0 Å². The van der Waals surface area contributed by atoms with Crippen LogP contribution in [0.3, 0.4) is 0 Å². The van der Waals surface area contributed by atoms with Crippen LogP contribution in [0, 0.1) is 12.7 Å². The molecule has 104 valence electrons. The van der Waals surface area contributed by atoms with Gasteiger partial charge in [-0.1, -0.05) is 29.8 Å². The minimum atomic E-state index is -0.911. The third-order valence-corrected chi connectivity index (χ3v) is 3.99. The number of rotatable bonds is 2. The molecule has 0 aliphatic carbocycles. The molecule has 2 aromatic rings. The van der Waals surface area contributed by atoms with E-state index < -0.39 is 6.10 Å². The summed E-state index contributed by atoms with van der Waals surface area (Å²) in [5.41, 5.74) is 4.46. The second-order valence-electron chi connectivity index (χ2n) is 5.49. The Morgan fingerprint density at radius 3 is 2.80 bits per heavy atom. The molecule has 1 aliphatic heterocycles. The maximum Gasteiger partial charge on any atom is 0.129 e. The van der Waals surface area contributed by atoms with Crippen molar-refractivity contribution < 1.29 is 9.50 Å². The molecule has 1 N–H and O–H groups in total. The van der Waals surface area contributed by atoms with Crippen molar-refractivity contribution in [2.24, 2.45) is 0 Å². The molecule has 20 heavy (non-hydrogen) atoms. The van der Waals surface area contributed by atoms with Gasteiger partial charge in [0.2, 0.25) is 0 Å². The summed E-state index contributed by atoms with van der Waals surface area (Å²) in [6.45, 7) is 2.89. The fourth-order valence-corrected chi connectivity index (χ4v) is 2.81. The van der Waals surface area contributed by atoms with Gasteiger partial charge in [-0.25, -0.2) is 4.39 Å². The highest BCUT2D eigenvalue weighted by molar-refractivity contribution is 5.59. The molecule has 1 aliphatic rings. The average Bonchev–Trinajstić information content (AvgIpc) is 2.82. The summed E-state index contributed by atoms with van der Waals surface area (Å²) in [6.07, 6.45) is 0.0639. The summed E-state index contributed by atoms with van der Waals surface area (Å²) < 4.78 is 13.9. The largest absolute Gasteiger partial charge is 0.384 e. The lowest BCUT2D eigenvalue weighted by Crippen LogP contribution is -2.12. The minimum absolute atomic E-state index is 0.344. The molecule has 3 heteroatoms. The Morgan fingerprint density at radius 2 is 2.00 bits per heavy atom. The molecule has 2 nitrogen and oxygen atoms in total. The van der Waals surface area contributed by atoms with Crippen molar-refractivity contribution in [3.8, 4) is 0 Å². The topological polar surface area (TPSA) is 23.5 Å². The molecular weight excluding hydrogens is 253 g/mol. The van der Waals surface area contributed by atoms with Gasteiger partial charge in [0, 0.05) is 24.8 Å². The minimum Gasteiger partial charge on any atom is -0.384 e. The molecule has 0 bridgehead atoms. The van der Waals surface area contributed by atoms with Crippen molar-refractivity contribution in [3.05, 3.63) is 64.5 Å². The van der Waals surface area contributed by atoms with E-state index in [4.69, 9.17) is 0 Å². The number of hydrogen-bond donors (Lipinski definition) is 1. The first kappa shape index (κ1) is 13.1. The highest BCUT2D eigenvalue weighted by Crippen LogP contribution is 2.32. The van der Waals surface area contributed by atoms with Crippen molar-refractivity contribution in [1.29, 1.82) is 0 Å². The zero-order valence-corrected chi connectivity index (χ0v) is 11.7. The second kappa shape index (κ2) is 4.91. The van der Waals surface area contributed by atoms with Crippen molar-refractivity contribution in [2.45, 2.75) is 19.4 Å². The van der Waals surface area contributed by atoms with Crippen LogP contribution in [0.25, 0.3) is 0 Å². The van der Waals surface area contributed by atoms with Gasteiger partial charge >= 0.3 is 0 Å². The molecule has 1 unspecified atom stereocenters.